The summed E-state index contributed by atoms with van der Waals surface area (Å²) in [5.41, 5.74) is 21.9. The Morgan fingerprint density at radius 1 is 0.509 bits per heavy atom. The number of rotatable bonds is 1. The molecule has 1 nitrogen and oxygen atoms in total. The van der Waals surface area contributed by atoms with E-state index in [1.54, 1.807) is 0 Å². The van der Waals surface area contributed by atoms with Crippen LogP contribution >= 0.6 is 11.8 Å². The van der Waals surface area contributed by atoms with Crippen LogP contribution in [-0.2, 0) is 21.7 Å². The lowest BCUT2D eigenvalue weighted by molar-refractivity contribution is 0.574. The molecule has 4 aliphatic rings. The van der Waals surface area contributed by atoms with Crippen LogP contribution in [0, 0.1) is 0 Å². The van der Waals surface area contributed by atoms with Crippen molar-refractivity contribution in [1.82, 2.24) is 0 Å². The van der Waals surface area contributed by atoms with Crippen LogP contribution in [0.25, 0.3) is 33.4 Å². The van der Waals surface area contributed by atoms with Gasteiger partial charge < -0.3 is 4.81 Å². The van der Waals surface area contributed by atoms with Gasteiger partial charge in [0.1, 0.15) is 0 Å². The Balaban J connectivity index is 1.36. The molecule has 3 heteroatoms. The third-order valence-corrected chi connectivity index (χ3v) is 14.2. The number of fused-ring (bicyclic) bond motifs is 9. The second-order valence-corrected chi connectivity index (χ2v) is 20.1. The smallest absolute Gasteiger partial charge is 0.329 e. The molecule has 0 radical (unpaired) electrons. The first-order valence-corrected chi connectivity index (χ1v) is 20.2. The average molecular weight is 706 g/mol. The van der Waals surface area contributed by atoms with Crippen molar-refractivity contribution in [2.75, 3.05) is 4.81 Å². The van der Waals surface area contributed by atoms with Crippen molar-refractivity contribution in [2.24, 2.45) is 0 Å². The quantitative estimate of drug-likeness (QED) is 0.157. The Morgan fingerprint density at radius 2 is 1.09 bits per heavy atom. The van der Waals surface area contributed by atoms with E-state index in [4.69, 9.17) is 0 Å². The first-order valence-electron chi connectivity index (χ1n) is 19.4. The van der Waals surface area contributed by atoms with Gasteiger partial charge >= 0.3 is 6.85 Å². The van der Waals surface area contributed by atoms with E-state index in [0.717, 1.165) is 0 Å². The number of benzene rings is 6. The summed E-state index contributed by atoms with van der Waals surface area (Å²) in [5.74, 6) is 0. The molecule has 0 aromatic heterocycles. The highest BCUT2D eigenvalue weighted by atomic mass is 32.2. The second-order valence-electron chi connectivity index (χ2n) is 19.0. The summed E-state index contributed by atoms with van der Waals surface area (Å²) in [6.07, 6.45) is 0. The van der Waals surface area contributed by atoms with E-state index >= 15 is 0 Å². The fourth-order valence-electron chi connectivity index (χ4n) is 9.83. The highest BCUT2D eigenvalue weighted by Crippen LogP contribution is 2.62. The molecule has 0 saturated heterocycles. The van der Waals surface area contributed by atoms with E-state index in [-0.39, 0.29) is 28.5 Å². The van der Waals surface area contributed by atoms with E-state index in [1.807, 2.05) is 11.8 Å². The van der Waals surface area contributed by atoms with E-state index in [2.05, 4.69) is 183 Å². The maximum atomic E-state index is 2.78. The fraction of sp³-hybridized carbons (Fsp3) is 0.280. The summed E-state index contributed by atoms with van der Waals surface area (Å²) in [7, 11) is 0. The minimum atomic E-state index is -0.211. The zero-order valence-electron chi connectivity index (χ0n) is 32.8. The number of hydrogen-bond donors (Lipinski definition) is 0. The first kappa shape index (κ1) is 33.1. The fourth-order valence-corrected chi connectivity index (χ4v) is 11.4. The van der Waals surface area contributed by atoms with Gasteiger partial charge in [0, 0.05) is 43.1 Å². The summed E-state index contributed by atoms with van der Waals surface area (Å²) in [4.78, 5) is 5.59. The predicted octanol–water partition coefficient (Wildman–Crippen LogP) is 12.3. The zero-order valence-corrected chi connectivity index (χ0v) is 33.6. The van der Waals surface area contributed by atoms with Crippen molar-refractivity contribution >= 4 is 40.9 Å². The number of anilines is 2. The van der Waals surface area contributed by atoms with E-state index < -0.39 is 0 Å². The molecule has 0 fully saturated rings. The summed E-state index contributed by atoms with van der Waals surface area (Å²) in [5, 5.41) is 0. The van der Waals surface area contributed by atoms with Gasteiger partial charge in [-0.15, -0.1) is 0 Å². The van der Waals surface area contributed by atoms with Crippen molar-refractivity contribution in [1.29, 1.82) is 0 Å². The third-order valence-electron chi connectivity index (χ3n) is 13.0. The molecule has 0 aliphatic carbocycles. The Bertz CT molecular complexity index is 2560. The molecule has 6 aromatic carbocycles. The monoisotopic (exact) mass is 705 g/mol. The lowest BCUT2D eigenvalue weighted by Gasteiger charge is -2.53. The zero-order chi connectivity index (χ0) is 37.0. The Hall–Kier alpha value is -4.47. The highest BCUT2D eigenvalue weighted by molar-refractivity contribution is 7.99. The van der Waals surface area contributed by atoms with Crippen molar-refractivity contribution in [3.8, 4) is 33.4 Å². The minimum absolute atomic E-state index is 0.00222. The van der Waals surface area contributed by atoms with Crippen LogP contribution in [0.2, 0.25) is 0 Å². The Labute approximate surface area is 321 Å². The lowest BCUT2D eigenvalue weighted by Crippen LogP contribution is -2.62. The van der Waals surface area contributed by atoms with Gasteiger partial charge in [0.2, 0.25) is 0 Å². The average Bonchev–Trinajstić information content (AvgIpc) is 3.12. The van der Waals surface area contributed by atoms with E-state index in [0.29, 0.717) is 0 Å². The van der Waals surface area contributed by atoms with Crippen LogP contribution < -0.4 is 15.7 Å². The standard InChI is InChI=1S/C50H48BNS/c1-47(2,3)31-25-34-33-24-30(29-16-12-11-13-17-29)20-22-40(33)51-41-23-21-37-46(53-42-19-15-14-18-36(42)49(37,7)8)43(41)35-26-32(48(4,5)6)28-39-45(35)52(51)44(34)38(27-31)50(39,9)10/h11-28H,1-10H3. The van der Waals surface area contributed by atoms with Crippen LogP contribution in [-0.4, -0.2) is 6.85 Å². The molecular formula is C50H48BNS. The maximum absolute atomic E-state index is 2.78. The summed E-state index contributed by atoms with van der Waals surface area (Å²) in [6, 6.07) is 42.5. The molecule has 0 N–H and O–H groups in total. The molecule has 4 aliphatic heterocycles. The van der Waals surface area contributed by atoms with Crippen LogP contribution in [0.15, 0.2) is 119 Å². The van der Waals surface area contributed by atoms with Gasteiger partial charge in [0.15, 0.2) is 0 Å². The van der Waals surface area contributed by atoms with Gasteiger partial charge in [-0.3, -0.25) is 0 Å². The Morgan fingerprint density at radius 3 is 1.77 bits per heavy atom. The van der Waals surface area contributed by atoms with Crippen LogP contribution in [0.1, 0.15) is 103 Å². The molecule has 4 heterocycles. The van der Waals surface area contributed by atoms with Crippen LogP contribution in [0.3, 0.4) is 0 Å². The van der Waals surface area contributed by atoms with Gasteiger partial charge in [-0.25, -0.2) is 0 Å². The molecule has 10 rings (SSSR count). The molecule has 0 unspecified atom stereocenters. The molecule has 53 heavy (non-hydrogen) atoms. The van der Waals surface area contributed by atoms with Crippen molar-refractivity contribution in [2.45, 2.75) is 101 Å². The van der Waals surface area contributed by atoms with E-state index in [1.165, 1.54) is 98.9 Å². The number of hydrogen-bond acceptors (Lipinski definition) is 2. The van der Waals surface area contributed by atoms with Crippen molar-refractivity contribution in [3.63, 3.8) is 0 Å². The minimum Gasteiger partial charge on any atom is -0.375 e. The molecule has 6 aromatic rings. The second kappa shape index (κ2) is 10.6. The summed E-state index contributed by atoms with van der Waals surface area (Å²) >= 11 is 1.99. The molecule has 0 bridgehead atoms. The lowest BCUT2D eigenvalue weighted by atomic mass is 9.41. The molecular weight excluding hydrogens is 657 g/mol. The van der Waals surface area contributed by atoms with Gasteiger partial charge in [-0.05, 0) is 102 Å². The van der Waals surface area contributed by atoms with Gasteiger partial charge in [-0.1, -0.05) is 166 Å². The van der Waals surface area contributed by atoms with Crippen molar-refractivity contribution < 1.29 is 0 Å². The maximum Gasteiger partial charge on any atom is 0.329 e. The largest absolute Gasteiger partial charge is 0.375 e. The SMILES string of the molecule is CC(C)(C)c1cc2c3c(c1)C(C)(C)c1cc(C(C)(C)C)cc4c1N3B(c1ccc(-c3ccccc3)cc1-2)c1ccc2c(c1-4)Sc1ccccc1C2(C)C. The first-order chi connectivity index (χ1) is 25.1. The van der Waals surface area contributed by atoms with Gasteiger partial charge in [-0.2, -0.15) is 0 Å². The highest BCUT2D eigenvalue weighted by Gasteiger charge is 2.52. The van der Waals surface area contributed by atoms with Crippen LogP contribution in [0.4, 0.5) is 11.4 Å². The van der Waals surface area contributed by atoms with Crippen molar-refractivity contribution in [3.05, 3.63) is 143 Å². The van der Waals surface area contributed by atoms with Gasteiger partial charge in [0.25, 0.3) is 0 Å². The van der Waals surface area contributed by atoms with Crippen LogP contribution in [0.5, 0.6) is 0 Å². The molecule has 0 spiro atoms. The molecule has 0 amide bonds. The normalized spacial score (nSPS) is 16.6. The molecule has 262 valence electrons. The summed E-state index contributed by atoms with van der Waals surface area (Å²) in [6.45, 7) is 24.1. The Kier molecular flexibility index (Phi) is 6.63. The number of nitrogens with zero attached hydrogens (tertiary/aromatic N) is 1. The molecule has 0 atom stereocenters. The third kappa shape index (κ3) is 4.47. The van der Waals surface area contributed by atoms with E-state index in [9.17, 15) is 0 Å². The topological polar surface area (TPSA) is 3.24 Å². The molecule has 0 saturated carbocycles. The van der Waals surface area contributed by atoms with Gasteiger partial charge in [0.05, 0.1) is 0 Å². The predicted molar refractivity (Wildman–Crippen MR) is 229 cm³/mol. The summed E-state index contributed by atoms with van der Waals surface area (Å²) < 4.78 is 0.